The first-order chi connectivity index (χ1) is 15.9. The normalized spacial score (nSPS) is 22.8. The van der Waals surface area contributed by atoms with Crippen LogP contribution in [-0.4, -0.2) is 65.6 Å². The fraction of sp³-hybridized carbons (Fsp3) is 0.435. The molecule has 1 aliphatic heterocycles. The molecule has 4 aromatic heterocycles. The molecule has 1 aliphatic carbocycles. The molecule has 0 aromatic carbocycles. The van der Waals surface area contributed by atoms with E-state index in [0.717, 1.165) is 53.8 Å². The third kappa shape index (κ3) is 3.12. The van der Waals surface area contributed by atoms with Gasteiger partial charge in [0.15, 0.2) is 5.65 Å². The maximum absolute atomic E-state index is 12.2. The van der Waals surface area contributed by atoms with Gasteiger partial charge in [-0.25, -0.2) is 0 Å². The molecule has 0 radical (unpaired) electrons. The Hall–Kier alpha value is -3.69. The molecule has 4 aromatic rings. The molecule has 2 fully saturated rings. The highest BCUT2D eigenvalue weighted by Crippen LogP contribution is 2.41. The molecule has 0 bridgehead atoms. The number of ether oxygens (including phenoxy) is 1. The molecule has 10 nitrogen and oxygen atoms in total. The van der Waals surface area contributed by atoms with E-state index in [0.29, 0.717) is 23.9 Å². The number of methoxy groups -OCH3 is 1. The van der Waals surface area contributed by atoms with E-state index in [1.165, 1.54) is 0 Å². The number of aromatic amines is 1. The number of nitrogens with one attached hydrogen (secondary N) is 2. The Bertz CT molecular complexity index is 1380. The highest BCUT2D eigenvalue weighted by Gasteiger charge is 2.48. The number of amides is 1. The topological polar surface area (TPSA) is 113 Å². The molecule has 1 saturated heterocycles. The fourth-order valence-electron chi connectivity index (χ4n) is 5.33. The van der Waals surface area contributed by atoms with E-state index in [2.05, 4.69) is 32.4 Å². The Balaban J connectivity index is 1.28. The highest BCUT2D eigenvalue weighted by molar-refractivity contribution is 5.97. The van der Waals surface area contributed by atoms with Crippen molar-refractivity contribution in [3.05, 3.63) is 30.4 Å². The van der Waals surface area contributed by atoms with Crippen LogP contribution in [0.3, 0.4) is 0 Å². The van der Waals surface area contributed by atoms with Gasteiger partial charge < -0.3 is 19.9 Å². The molecule has 33 heavy (non-hydrogen) atoms. The minimum Gasteiger partial charge on any atom is -0.480 e. The van der Waals surface area contributed by atoms with Crippen LogP contribution in [0, 0.1) is 6.92 Å². The Kier molecular flexibility index (Phi) is 4.33. The summed E-state index contributed by atoms with van der Waals surface area (Å²) in [7, 11) is 1.62. The van der Waals surface area contributed by atoms with Crippen LogP contribution in [0.25, 0.3) is 27.8 Å². The second-order valence-electron chi connectivity index (χ2n) is 9.27. The first-order valence-corrected chi connectivity index (χ1v) is 11.3. The van der Waals surface area contributed by atoms with Gasteiger partial charge in [0.25, 0.3) is 0 Å². The zero-order valence-corrected chi connectivity index (χ0v) is 18.9. The summed E-state index contributed by atoms with van der Waals surface area (Å²) in [5.41, 5.74) is 3.37. The number of rotatable bonds is 5. The van der Waals surface area contributed by atoms with Crippen molar-refractivity contribution in [1.29, 1.82) is 0 Å². The summed E-state index contributed by atoms with van der Waals surface area (Å²) in [5.74, 6) is 2.13. The number of pyridine rings is 1. The SMILES string of the molecule is COc1nc(NC2CC(C)(N3CCCC3=O)C2)nc2[nH]cc(-c3ccc4nnc(C)n4c3)c12. The van der Waals surface area contributed by atoms with Crippen LogP contribution in [0.4, 0.5) is 5.95 Å². The summed E-state index contributed by atoms with van der Waals surface area (Å²) in [5, 5.41) is 12.6. The molecule has 0 unspecified atom stereocenters. The average Bonchev–Trinajstić information content (AvgIpc) is 3.50. The van der Waals surface area contributed by atoms with Gasteiger partial charge in [-0.2, -0.15) is 9.97 Å². The summed E-state index contributed by atoms with van der Waals surface area (Å²) in [4.78, 5) is 26.8. The van der Waals surface area contributed by atoms with Crippen molar-refractivity contribution in [2.75, 3.05) is 19.0 Å². The van der Waals surface area contributed by atoms with Crippen LogP contribution in [-0.2, 0) is 4.79 Å². The standard InChI is InChI=1S/C23H26N8O2/c1-13-28-29-17-7-6-14(12-30(13)17)16-11-24-20-19(16)21(33-3)27-22(26-20)25-15-9-23(2,10-15)31-8-4-5-18(31)32/h6-7,11-12,15H,4-5,8-10H2,1-3H3,(H2,24,25,26,27). The third-order valence-electron chi connectivity index (χ3n) is 7.01. The van der Waals surface area contributed by atoms with Gasteiger partial charge in [0, 0.05) is 48.1 Å². The van der Waals surface area contributed by atoms with Gasteiger partial charge in [-0.1, -0.05) is 0 Å². The zero-order valence-electron chi connectivity index (χ0n) is 18.9. The van der Waals surface area contributed by atoms with Crippen LogP contribution in [0.15, 0.2) is 24.5 Å². The summed E-state index contributed by atoms with van der Waals surface area (Å²) in [6.45, 7) is 4.96. The molecule has 10 heteroatoms. The minimum absolute atomic E-state index is 0.0714. The van der Waals surface area contributed by atoms with Crippen molar-refractivity contribution in [1.82, 2.24) is 34.4 Å². The summed E-state index contributed by atoms with van der Waals surface area (Å²) in [6, 6.07) is 4.17. The number of H-pyrrole nitrogens is 1. The molecule has 2 aliphatic rings. The lowest BCUT2D eigenvalue weighted by atomic mass is 9.73. The Morgan fingerprint density at radius 3 is 2.85 bits per heavy atom. The lowest BCUT2D eigenvalue weighted by molar-refractivity contribution is -0.136. The van der Waals surface area contributed by atoms with Crippen molar-refractivity contribution in [3.63, 3.8) is 0 Å². The molecule has 6 rings (SSSR count). The number of fused-ring (bicyclic) bond motifs is 2. The number of carbonyl (C=O) groups is 1. The third-order valence-corrected chi connectivity index (χ3v) is 7.01. The number of aryl methyl sites for hydroxylation is 1. The van der Waals surface area contributed by atoms with Gasteiger partial charge >= 0.3 is 0 Å². The maximum atomic E-state index is 12.2. The van der Waals surface area contributed by atoms with E-state index in [4.69, 9.17) is 9.72 Å². The van der Waals surface area contributed by atoms with E-state index in [1.54, 1.807) is 7.11 Å². The number of likely N-dealkylation sites (tertiary alicyclic amines) is 1. The van der Waals surface area contributed by atoms with E-state index in [-0.39, 0.29) is 17.5 Å². The highest BCUT2D eigenvalue weighted by atomic mass is 16.5. The molecule has 0 spiro atoms. The van der Waals surface area contributed by atoms with E-state index in [1.807, 2.05) is 40.8 Å². The first kappa shape index (κ1) is 20.0. The second-order valence-corrected chi connectivity index (χ2v) is 9.27. The van der Waals surface area contributed by atoms with E-state index >= 15 is 0 Å². The van der Waals surface area contributed by atoms with Crippen LogP contribution < -0.4 is 10.1 Å². The van der Waals surface area contributed by atoms with Gasteiger partial charge in [-0.15, -0.1) is 10.2 Å². The van der Waals surface area contributed by atoms with Gasteiger partial charge in [-0.3, -0.25) is 9.20 Å². The van der Waals surface area contributed by atoms with Gasteiger partial charge in [-0.05, 0) is 45.2 Å². The predicted molar refractivity (Wildman–Crippen MR) is 123 cm³/mol. The van der Waals surface area contributed by atoms with Gasteiger partial charge in [0.05, 0.1) is 12.5 Å². The van der Waals surface area contributed by atoms with Gasteiger partial charge in [0.1, 0.15) is 11.5 Å². The smallest absolute Gasteiger partial charge is 0.228 e. The summed E-state index contributed by atoms with van der Waals surface area (Å²) in [6.07, 6.45) is 7.33. The van der Waals surface area contributed by atoms with Crippen LogP contribution in [0.2, 0.25) is 0 Å². The van der Waals surface area contributed by atoms with Crippen molar-refractivity contribution in [3.8, 4) is 17.0 Å². The molecule has 2 N–H and O–H groups in total. The summed E-state index contributed by atoms with van der Waals surface area (Å²) >= 11 is 0. The molecule has 1 saturated carbocycles. The van der Waals surface area contributed by atoms with E-state index in [9.17, 15) is 4.79 Å². The number of carbonyl (C=O) groups excluding carboxylic acids is 1. The lowest BCUT2D eigenvalue weighted by Gasteiger charge is -2.51. The van der Waals surface area contributed by atoms with Crippen LogP contribution >= 0.6 is 0 Å². The molecular formula is C23H26N8O2. The number of hydrogen-bond donors (Lipinski definition) is 2. The van der Waals surface area contributed by atoms with Crippen molar-refractivity contribution < 1.29 is 9.53 Å². The first-order valence-electron chi connectivity index (χ1n) is 11.3. The lowest BCUT2D eigenvalue weighted by Crippen LogP contribution is -2.59. The molecular weight excluding hydrogens is 420 g/mol. The molecule has 0 atom stereocenters. The van der Waals surface area contributed by atoms with Crippen molar-refractivity contribution >= 4 is 28.5 Å². The molecule has 5 heterocycles. The van der Waals surface area contributed by atoms with Crippen molar-refractivity contribution in [2.24, 2.45) is 0 Å². The minimum atomic E-state index is -0.0714. The van der Waals surface area contributed by atoms with Gasteiger partial charge in [0.2, 0.25) is 17.7 Å². The molecule has 170 valence electrons. The summed E-state index contributed by atoms with van der Waals surface area (Å²) < 4.78 is 7.61. The van der Waals surface area contributed by atoms with Crippen LogP contribution in [0.5, 0.6) is 5.88 Å². The number of aromatic nitrogens is 6. The quantitative estimate of drug-likeness (QED) is 0.484. The van der Waals surface area contributed by atoms with E-state index < -0.39 is 0 Å². The maximum Gasteiger partial charge on any atom is 0.228 e. The molecule has 1 amide bonds. The number of hydrogen-bond acceptors (Lipinski definition) is 7. The largest absolute Gasteiger partial charge is 0.480 e. The second kappa shape index (κ2) is 7.16. The Morgan fingerprint density at radius 2 is 2.09 bits per heavy atom. The number of anilines is 1. The number of nitrogens with zero attached hydrogens (tertiary/aromatic N) is 6. The average molecular weight is 447 g/mol. The van der Waals surface area contributed by atoms with Crippen molar-refractivity contribution in [2.45, 2.75) is 51.1 Å². The van der Waals surface area contributed by atoms with Crippen LogP contribution in [0.1, 0.15) is 38.4 Å². The zero-order chi connectivity index (χ0) is 22.7. The fourth-order valence-corrected chi connectivity index (χ4v) is 5.33. The predicted octanol–water partition coefficient (Wildman–Crippen LogP) is 2.94. The Morgan fingerprint density at radius 1 is 1.24 bits per heavy atom. The monoisotopic (exact) mass is 446 g/mol. The Labute approximate surface area is 190 Å².